The van der Waals surface area contributed by atoms with Gasteiger partial charge in [-0.2, -0.15) is 0 Å². The van der Waals surface area contributed by atoms with E-state index >= 15 is 0 Å². The molecule has 2 aliphatic heterocycles. The molecule has 6 heteroatoms. The number of rotatable bonds is 3. The summed E-state index contributed by atoms with van der Waals surface area (Å²) in [6.07, 6.45) is 3.46. The highest BCUT2D eigenvalue weighted by Gasteiger charge is 2.52. The predicted molar refractivity (Wildman–Crippen MR) is 114 cm³/mol. The van der Waals surface area contributed by atoms with Crippen molar-refractivity contribution in [3.63, 3.8) is 0 Å². The number of fused-ring (bicyclic) bond motifs is 1. The number of hydrogen-bond donors (Lipinski definition) is 0. The van der Waals surface area contributed by atoms with Gasteiger partial charge in [0.2, 0.25) is 0 Å². The van der Waals surface area contributed by atoms with E-state index < -0.39 is 6.04 Å². The summed E-state index contributed by atoms with van der Waals surface area (Å²) in [4.78, 5) is 28.7. The third-order valence-electron chi connectivity index (χ3n) is 6.30. The summed E-state index contributed by atoms with van der Waals surface area (Å²) in [6.45, 7) is 0. The molecule has 154 valence electrons. The maximum Gasteiger partial charge on any atom is 0.294 e. The Bertz CT molecular complexity index is 1030. The fraction of sp³-hybridized carbons (Fsp3) is 0.333. The molecule has 2 aromatic rings. The third kappa shape index (κ3) is 3.00. The standard InChI is InChI=1S/C24H22ClNO4/c1-29-17-12-10-16(11-13-17)26-21(14-6-8-15(25)9-7-14)20-22(27)18-4-2-3-5-19(18)30-23(20)24(26)28/h6-13,18-19,21H,2-5H2,1H3. The maximum atomic E-state index is 13.6. The number of hydrogen-bond acceptors (Lipinski definition) is 4. The lowest BCUT2D eigenvalue weighted by atomic mass is 9.77. The van der Waals surface area contributed by atoms with Crippen molar-refractivity contribution in [2.75, 3.05) is 12.0 Å². The van der Waals surface area contributed by atoms with E-state index in [-0.39, 0.29) is 29.5 Å². The lowest BCUT2D eigenvalue weighted by Gasteiger charge is -2.35. The van der Waals surface area contributed by atoms with E-state index in [1.807, 2.05) is 24.3 Å². The zero-order chi connectivity index (χ0) is 20.8. The molecular formula is C24H22ClNO4. The Morgan fingerprint density at radius 2 is 1.70 bits per heavy atom. The van der Waals surface area contributed by atoms with Gasteiger partial charge >= 0.3 is 0 Å². The molecule has 0 spiro atoms. The summed E-state index contributed by atoms with van der Waals surface area (Å²) >= 11 is 6.09. The minimum absolute atomic E-state index is 0.0465. The van der Waals surface area contributed by atoms with Gasteiger partial charge in [0, 0.05) is 10.7 Å². The number of carbonyl (C=O) groups excluding carboxylic acids is 2. The van der Waals surface area contributed by atoms with Crippen LogP contribution in [0.3, 0.4) is 0 Å². The number of anilines is 1. The number of ketones is 1. The van der Waals surface area contributed by atoms with Crippen molar-refractivity contribution in [1.29, 1.82) is 0 Å². The zero-order valence-corrected chi connectivity index (χ0v) is 17.4. The molecule has 3 aliphatic rings. The Morgan fingerprint density at radius 3 is 2.40 bits per heavy atom. The lowest BCUT2D eigenvalue weighted by Crippen LogP contribution is -2.39. The minimum atomic E-state index is -0.534. The molecule has 30 heavy (non-hydrogen) atoms. The Balaban J connectivity index is 1.63. The van der Waals surface area contributed by atoms with Gasteiger partial charge in [-0.3, -0.25) is 14.5 Å². The SMILES string of the molecule is COc1ccc(N2C(=O)C3=C(C(=O)C4CCCCC4O3)C2c2ccc(Cl)cc2)cc1. The van der Waals surface area contributed by atoms with E-state index in [0.717, 1.165) is 31.2 Å². The first-order valence-electron chi connectivity index (χ1n) is 10.3. The highest BCUT2D eigenvalue weighted by Crippen LogP contribution is 2.48. The second-order valence-electron chi connectivity index (χ2n) is 7.98. The zero-order valence-electron chi connectivity index (χ0n) is 16.6. The van der Waals surface area contributed by atoms with Gasteiger partial charge in [-0.25, -0.2) is 0 Å². The van der Waals surface area contributed by atoms with Gasteiger partial charge in [0.15, 0.2) is 11.5 Å². The van der Waals surface area contributed by atoms with Crippen molar-refractivity contribution in [3.8, 4) is 5.75 Å². The summed E-state index contributed by atoms with van der Waals surface area (Å²) in [7, 11) is 1.60. The van der Waals surface area contributed by atoms with E-state index in [4.69, 9.17) is 21.1 Å². The Hall–Kier alpha value is -2.79. The first-order chi connectivity index (χ1) is 14.6. The predicted octanol–water partition coefficient (Wildman–Crippen LogP) is 4.85. The van der Waals surface area contributed by atoms with Gasteiger partial charge in [0.1, 0.15) is 11.9 Å². The van der Waals surface area contributed by atoms with Gasteiger partial charge in [-0.1, -0.05) is 30.2 Å². The molecule has 3 unspecified atom stereocenters. The van der Waals surface area contributed by atoms with Crippen LogP contribution in [0.2, 0.25) is 5.02 Å². The highest BCUT2D eigenvalue weighted by molar-refractivity contribution is 6.30. The number of amides is 1. The lowest BCUT2D eigenvalue weighted by molar-refractivity contribution is -0.131. The number of ether oxygens (including phenoxy) is 2. The summed E-state index contributed by atoms with van der Waals surface area (Å²) in [5.74, 6) is 0.511. The van der Waals surface area contributed by atoms with Crippen LogP contribution in [0.5, 0.6) is 5.75 Å². The van der Waals surface area contributed by atoms with Gasteiger partial charge in [-0.15, -0.1) is 0 Å². The number of carbonyl (C=O) groups is 2. The first kappa shape index (κ1) is 19.2. The summed E-state index contributed by atoms with van der Waals surface area (Å²) in [5, 5.41) is 0.604. The van der Waals surface area contributed by atoms with Crippen LogP contribution in [0.15, 0.2) is 59.9 Å². The molecule has 1 fully saturated rings. The number of benzene rings is 2. The average molecular weight is 424 g/mol. The van der Waals surface area contributed by atoms with Gasteiger partial charge in [0.05, 0.1) is 24.6 Å². The monoisotopic (exact) mass is 423 g/mol. The fourth-order valence-electron chi connectivity index (χ4n) is 4.81. The van der Waals surface area contributed by atoms with Crippen LogP contribution < -0.4 is 9.64 Å². The van der Waals surface area contributed by atoms with Gasteiger partial charge in [-0.05, 0) is 61.2 Å². The van der Waals surface area contributed by atoms with Gasteiger partial charge < -0.3 is 9.47 Å². The maximum absolute atomic E-state index is 13.6. The van der Waals surface area contributed by atoms with Crippen LogP contribution in [-0.2, 0) is 14.3 Å². The largest absolute Gasteiger partial charge is 0.497 e. The smallest absolute Gasteiger partial charge is 0.294 e. The molecule has 5 nitrogen and oxygen atoms in total. The number of Topliss-reactive ketones (excluding diaryl/α,β-unsaturated/α-hetero) is 1. The second-order valence-corrected chi connectivity index (χ2v) is 8.42. The van der Waals surface area contributed by atoms with Crippen LogP contribution in [0.4, 0.5) is 5.69 Å². The van der Waals surface area contributed by atoms with E-state index in [2.05, 4.69) is 0 Å². The highest BCUT2D eigenvalue weighted by atomic mass is 35.5. The molecule has 2 heterocycles. The number of halogens is 1. The van der Waals surface area contributed by atoms with Crippen LogP contribution in [0, 0.1) is 5.92 Å². The number of methoxy groups -OCH3 is 1. The third-order valence-corrected chi connectivity index (χ3v) is 6.55. The van der Waals surface area contributed by atoms with Crippen LogP contribution in [-0.4, -0.2) is 24.9 Å². The fourth-order valence-corrected chi connectivity index (χ4v) is 4.94. The van der Waals surface area contributed by atoms with Crippen LogP contribution in [0.1, 0.15) is 37.3 Å². The molecule has 1 amide bonds. The van der Waals surface area contributed by atoms with E-state index in [1.165, 1.54) is 0 Å². The molecule has 0 saturated heterocycles. The Morgan fingerprint density at radius 1 is 1.00 bits per heavy atom. The minimum Gasteiger partial charge on any atom is -0.497 e. The second kappa shape index (κ2) is 7.47. The van der Waals surface area contributed by atoms with Crippen molar-refractivity contribution in [2.45, 2.75) is 37.8 Å². The Kier molecular flexibility index (Phi) is 4.78. The van der Waals surface area contributed by atoms with E-state index in [1.54, 1.807) is 36.3 Å². The summed E-state index contributed by atoms with van der Waals surface area (Å²) in [5.41, 5.74) is 2.00. The molecule has 0 radical (unpaired) electrons. The molecule has 0 bridgehead atoms. The Labute approximate surface area is 180 Å². The molecule has 1 saturated carbocycles. The van der Waals surface area contributed by atoms with Crippen molar-refractivity contribution >= 4 is 29.0 Å². The van der Waals surface area contributed by atoms with Crippen molar-refractivity contribution < 1.29 is 19.1 Å². The van der Waals surface area contributed by atoms with Crippen molar-refractivity contribution in [3.05, 3.63) is 70.4 Å². The molecule has 3 atom stereocenters. The molecule has 0 N–H and O–H groups in total. The van der Waals surface area contributed by atoms with E-state index in [9.17, 15) is 9.59 Å². The van der Waals surface area contributed by atoms with Crippen molar-refractivity contribution in [2.24, 2.45) is 5.92 Å². The van der Waals surface area contributed by atoms with Crippen molar-refractivity contribution in [1.82, 2.24) is 0 Å². The quantitative estimate of drug-likeness (QED) is 0.708. The molecule has 0 aromatic heterocycles. The number of nitrogens with zero attached hydrogens (tertiary/aromatic N) is 1. The summed E-state index contributed by atoms with van der Waals surface area (Å²) in [6, 6.07) is 14.0. The molecular weight excluding hydrogens is 402 g/mol. The molecule has 5 rings (SSSR count). The average Bonchev–Trinajstić information content (AvgIpc) is 3.07. The first-order valence-corrected chi connectivity index (χ1v) is 10.6. The topological polar surface area (TPSA) is 55.8 Å². The normalized spacial score (nSPS) is 25.7. The summed E-state index contributed by atoms with van der Waals surface area (Å²) < 4.78 is 11.4. The molecule has 2 aromatic carbocycles. The van der Waals surface area contributed by atoms with E-state index in [0.29, 0.717) is 22.0 Å². The van der Waals surface area contributed by atoms with Crippen LogP contribution >= 0.6 is 11.6 Å². The van der Waals surface area contributed by atoms with Gasteiger partial charge in [0.25, 0.3) is 5.91 Å². The van der Waals surface area contributed by atoms with Crippen LogP contribution in [0.25, 0.3) is 0 Å². The molecule has 1 aliphatic carbocycles.